The fourth-order valence-corrected chi connectivity index (χ4v) is 2.47. The van der Waals surface area contributed by atoms with Gasteiger partial charge in [0, 0.05) is 12.1 Å². The smallest absolute Gasteiger partial charge is 0.254 e. The molecular formula is C17H17NO2. The lowest BCUT2D eigenvalue weighted by Crippen LogP contribution is -2.42. The highest BCUT2D eigenvalue weighted by Gasteiger charge is 2.25. The molecule has 0 aromatic heterocycles. The van der Waals surface area contributed by atoms with Crippen LogP contribution >= 0.6 is 0 Å². The van der Waals surface area contributed by atoms with Crippen LogP contribution in [0.2, 0.25) is 0 Å². The van der Waals surface area contributed by atoms with Gasteiger partial charge in [0.1, 0.15) is 6.10 Å². The number of rotatable bonds is 2. The summed E-state index contributed by atoms with van der Waals surface area (Å²) in [7, 11) is 0. The van der Waals surface area contributed by atoms with Crippen molar-refractivity contribution in [2.45, 2.75) is 6.10 Å². The lowest BCUT2D eigenvalue weighted by molar-refractivity contribution is -0.0228. The Morgan fingerprint density at radius 2 is 1.65 bits per heavy atom. The monoisotopic (exact) mass is 267 g/mol. The molecule has 0 aliphatic carbocycles. The van der Waals surface area contributed by atoms with Crippen molar-refractivity contribution in [1.82, 2.24) is 4.90 Å². The van der Waals surface area contributed by atoms with Gasteiger partial charge in [0.15, 0.2) is 0 Å². The van der Waals surface area contributed by atoms with Gasteiger partial charge in [0.25, 0.3) is 5.91 Å². The zero-order valence-corrected chi connectivity index (χ0v) is 11.2. The fraction of sp³-hybridized carbons (Fsp3) is 0.235. The molecule has 3 rings (SSSR count). The third kappa shape index (κ3) is 2.73. The van der Waals surface area contributed by atoms with E-state index in [1.54, 1.807) is 0 Å². The molecule has 2 aromatic rings. The van der Waals surface area contributed by atoms with Crippen molar-refractivity contribution in [2.24, 2.45) is 0 Å². The van der Waals surface area contributed by atoms with E-state index in [1.807, 2.05) is 65.6 Å². The molecule has 1 aliphatic heterocycles. The molecule has 1 heterocycles. The van der Waals surface area contributed by atoms with E-state index in [0.29, 0.717) is 19.7 Å². The summed E-state index contributed by atoms with van der Waals surface area (Å²) < 4.78 is 5.79. The molecule has 0 N–H and O–H groups in total. The van der Waals surface area contributed by atoms with Gasteiger partial charge in [0.2, 0.25) is 0 Å². The molecule has 3 nitrogen and oxygen atoms in total. The van der Waals surface area contributed by atoms with Crippen LogP contribution in [0, 0.1) is 0 Å². The van der Waals surface area contributed by atoms with E-state index >= 15 is 0 Å². The second-order valence-electron chi connectivity index (χ2n) is 4.89. The Morgan fingerprint density at radius 1 is 1.00 bits per heavy atom. The summed E-state index contributed by atoms with van der Waals surface area (Å²) in [6.07, 6.45) is -0.0300. The average molecular weight is 267 g/mol. The van der Waals surface area contributed by atoms with E-state index < -0.39 is 0 Å². The normalized spacial score (nSPS) is 18.8. The SMILES string of the molecule is O=C(c1ccccc1)N1CCO[C@@H](c2ccccc2)C1. The minimum atomic E-state index is -0.0300. The number of hydrogen-bond donors (Lipinski definition) is 0. The van der Waals surface area contributed by atoms with E-state index in [1.165, 1.54) is 0 Å². The number of ether oxygens (including phenoxy) is 1. The first-order chi connectivity index (χ1) is 9.84. The minimum absolute atomic E-state index is 0.0300. The topological polar surface area (TPSA) is 29.5 Å². The second-order valence-corrected chi connectivity index (χ2v) is 4.89. The quantitative estimate of drug-likeness (QED) is 0.837. The van der Waals surface area contributed by atoms with Crippen LogP contribution in [0.3, 0.4) is 0 Å². The first-order valence-electron chi connectivity index (χ1n) is 6.85. The van der Waals surface area contributed by atoms with Gasteiger partial charge in [0.05, 0.1) is 13.2 Å². The van der Waals surface area contributed by atoms with Crippen molar-refractivity contribution >= 4 is 5.91 Å². The molecule has 20 heavy (non-hydrogen) atoms. The van der Waals surface area contributed by atoms with E-state index in [9.17, 15) is 4.79 Å². The number of carbonyl (C=O) groups excluding carboxylic acids is 1. The Kier molecular flexibility index (Phi) is 3.79. The molecule has 1 atom stereocenters. The highest BCUT2D eigenvalue weighted by molar-refractivity contribution is 5.94. The van der Waals surface area contributed by atoms with Crippen molar-refractivity contribution < 1.29 is 9.53 Å². The van der Waals surface area contributed by atoms with Crippen LogP contribution in [0.15, 0.2) is 60.7 Å². The number of hydrogen-bond acceptors (Lipinski definition) is 2. The summed E-state index contributed by atoms with van der Waals surface area (Å²) in [6.45, 7) is 1.84. The standard InChI is InChI=1S/C17H17NO2/c19-17(15-9-5-2-6-10-15)18-11-12-20-16(13-18)14-7-3-1-4-8-14/h1-10,16H,11-13H2/t16-/m1/s1. The molecule has 0 radical (unpaired) electrons. The van der Waals surface area contributed by atoms with Gasteiger partial charge in [-0.15, -0.1) is 0 Å². The Balaban J connectivity index is 1.74. The Bertz CT molecular complexity index is 568. The zero-order valence-electron chi connectivity index (χ0n) is 11.2. The van der Waals surface area contributed by atoms with Crippen LogP contribution in [0.5, 0.6) is 0 Å². The maximum atomic E-state index is 12.4. The second kappa shape index (κ2) is 5.88. The highest BCUT2D eigenvalue weighted by atomic mass is 16.5. The molecular weight excluding hydrogens is 250 g/mol. The van der Waals surface area contributed by atoms with E-state index in [4.69, 9.17) is 4.74 Å². The van der Waals surface area contributed by atoms with E-state index in [2.05, 4.69) is 0 Å². The molecule has 0 saturated carbocycles. The fourth-order valence-electron chi connectivity index (χ4n) is 2.47. The molecule has 0 bridgehead atoms. The van der Waals surface area contributed by atoms with Crippen LogP contribution in [-0.2, 0) is 4.74 Å². The van der Waals surface area contributed by atoms with Crippen molar-refractivity contribution in [2.75, 3.05) is 19.7 Å². The van der Waals surface area contributed by atoms with E-state index in [-0.39, 0.29) is 12.0 Å². The molecule has 1 saturated heterocycles. The molecule has 0 unspecified atom stereocenters. The third-order valence-corrected chi connectivity index (χ3v) is 3.55. The Labute approximate surface area is 118 Å². The largest absolute Gasteiger partial charge is 0.370 e. The number of benzene rings is 2. The molecule has 0 spiro atoms. The number of amides is 1. The molecule has 3 heteroatoms. The van der Waals surface area contributed by atoms with Crippen molar-refractivity contribution in [3.8, 4) is 0 Å². The first-order valence-corrected chi connectivity index (χ1v) is 6.85. The van der Waals surface area contributed by atoms with Gasteiger partial charge < -0.3 is 9.64 Å². The number of carbonyl (C=O) groups is 1. The third-order valence-electron chi connectivity index (χ3n) is 3.55. The first kappa shape index (κ1) is 12.9. The van der Waals surface area contributed by atoms with Gasteiger partial charge in [-0.25, -0.2) is 0 Å². The summed E-state index contributed by atoms with van der Waals surface area (Å²) >= 11 is 0. The van der Waals surface area contributed by atoms with Gasteiger partial charge in [-0.05, 0) is 17.7 Å². The van der Waals surface area contributed by atoms with Crippen molar-refractivity contribution in [3.63, 3.8) is 0 Å². The highest BCUT2D eigenvalue weighted by Crippen LogP contribution is 2.22. The maximum absolute atomic E-state index is 12.4. The van der Waals surface area contributed by atoms with Crippen molar-refractivity contribution in [1.29, 1.82) is 0 Å². The maximum Gasteiger partial charge on any atom is 0.254 e. The molecule has 1 aliphatic rings. The lowest BCUT2D eigenvalue weighted by atomic mass is 10.1. The Morgan fingerprint density at radius 3 is 2.35 bits per heavy atom. The lowest BCUT2D eigenvalue weighted by Gasteiger charge is -2.33. The van der Waals surface area contributed by atoms with Crippen LogP contribution < -0.4 is 0 Å². The molecule has 1 fully saturated rings. The zero-order chi connectivity index (χ0) is 13.8. The summed E-state index contributed by atoms with van der Waals surface area (Å²) in [5, 5.41) is 0. The summed E-state index contributed by atoms with van der Waals surface area (Å²) in [4.78, 5) is 14.3. The van der Waals surface area contributed by atoms with Crippen LogP contribution in [0.4, 0.5) is 0 Å². The summed E-state index contributed by atoms with van der Waals surface area (Å²) in [5.41, 5.74) is 1.86. The van der Waals surface area contributed by atoms with Gasteiger partial charge in [-0.2, -0.15) is 0 Å². The molecule has 102 valence electrons. The van der Waals surface area contributed by atoms with Crippen molar-refractivity contribution in [3.05, 3.63) is 71.8 Å². The van der Waals surface area contributed by atoms with Gasteiger partial charge in [-0.1, -0.05) is 48.5 Å². The van der Waals surface area contributed by atoms with Gasteiger partial charge >= 0.3 is 0 Å². The van der Waals surface area contributed by atoms with Crippen LogP contribution in [-0.4, -0.2) is 30.5 Å². The predicted octanol–water partition coefficient (Wildman–Crippen LogP) is 2.90. The summed E-state index contributed by atoms with van der Waals surface area (Å²) in [5.74, 6) is 0.0785. The summed E-state index contributed by atoms with van der Waals surface area (Å²) in [6, 6.07) is 19.5. The minimum Gasteiger partial charge on any atom is -0.370 e. The van der Waals surface area contributed by atoms with Gasteiger partial charge in [-0.3, -0.25) is 4.79 Å². The number of morpholine rings is 1. The molecule has 1 amide bonds. The average Bonchev–Trinajstić information content (AvgIpc) is 2.56. The van der Waals surface area contributed by atoms with Crippen LogP contribution in [0.1, 0.15) is 22.0 Å². The molecule has 2 aromatic carbocycles. The number of nitrogens with zero attached hydrogens (tertiary/aromatic N) is 1. The van der Waals surface area contributed by atoms with E-state index in [0.717, 1.165) is 11.1 Å². The van der Waals surface area contributed by atoms with Crippen LogP contribution in [0.25, 0.3) is 0 Å². The Hall–Kier alpha value is -2.13. The predicted molar refractivity (Wildman–Crippen MR) is 77.5 cm³/mol.